The molecule has 0 bridgehead atoms. The van der Waals surface area contributed by atoms with Crippen LogP contribution in [0.4, 0.5) is 10.5 Å². The van der Waals surface area contributed by atoms with Crippen molar-refractivity contribution in [1.82, 2.24) is 10.2 Å². The Labute approximate surface area is 243 Å². The lowest BCUT2D eigenvalue weighted by molar-refractivity contribution is -0.144. The minimum atomic E-state index is -1.03. The average Bonchev–Trinajstić information content (AvgIpc) is 2.93. The van der Waals surface area contributed by atoms with Crippen molar-refractivity contribution < 1.29 is 24.2 Å². The molecule has 0 heterocycles. The van der Waals surface area contributed by atoms with Crippen LogP contribution in [-0.2, 0) is 14.3 Å². The van der Waals surface area contributed by atoms with E-state index in [2.05, 4.69) is 10.6 Å². The summed E-state index contributed by atoms with van der Waals surface area (Å²) in [6.07, 6.45) is 0.499. The third-order valence-electron chi connectivity index (χ3n) is 7.22. The van der Waals surface area contributed by atoms with Gasteiger partial charge in [-0.15, -0.1) is 0 Å². The number of nitrogens with one attached hydrogen (secondary N) is 2. The molecule has 8 nitrogen and oxygen atoms in total. The maximum atomic E-state index is 14.4. The molecule has 0 aliphatic heterocycles. The van der Waals surface area contributed by atoms with Crippen LogP contribution in [0.3, 0.4) is 0 Å². The molecule has 0 radical (unpaired) electrons. The fourth-order valence-corrected chi connectivity index (χ4v) is 4.65. The Balaban J connectivity index is 2.05. The molecule has 3 aromatic rings. The Hall–Kier alpha value is -4.07. The van der Waals surface area contributed by atoms with Gasteiger partial charge in [-0.3, -0.25) is 9.59 Å². The van der Waals surface area contributed by atoms with Crippen LogP contribution in [-0.4, -0.2) is 45.6 Å². The lowest BCUT2D eigenvalue weighted by Crippen LogP contribution is -2.56. The van der Waals surface area contributed by atoms with Crippen LogP contribution in [0, 0.1) is 5.92 Å². The van der Waals surface area contributed by atoms with E-state index in [1.54, 1.807) is 37.8 Å². The fourth-order valence-electron chi connectivity index (χ4n) is 4.65. The molecule has 3 N–H and O–H groups in total. The maximum Gasteiger partial charge on any atom is 0.408 e. The third-order valence-corrected chi connectivity index (χ3v) is 7.22. The third kappa shape index (κ3) is 8.22. The summed E-state index contributed by atoms with van der Waals surface area (Å²) >= 11 is 0. The molecule has 8 heteroatoms. The number of hydrogen-bond donors (Lipinski definition) is 3. The van der Waals surface area contributed by atoms with Crippen LogP contribution in [0.2, 0.25) is 0 Å². The zero-order valence-corrected chi connectivity index (χ0v) is 25.1. The first-order chi connectivity index (χ1) is 19.3. The van der Waals surface area contributed by atoms with E-state index < -0.39 is 29.7 Å². The average molecular weight is 562 g/mol. The molecule has 0 saturated carbocycles. The van der Waals surface area contributed by atoms with E-state index in [1.165, 1.54) is 12.1 Å². The van der Waals surface area contributed by atoms with Gasteiger partial charge in [-0.2, -0.15) is 0 Å². The van der Waals surface area contributed by atoms with Crippen molar-refractivity contribution >= 4 is 34.4 Å². The molecule has 41 heavy (non-hydrogen) atoms. The summed E-state index contributed by atoms with van der Waals surface area (Å²) in [7, 11) is 0. The SMILES string of the molecule is CCC(C)C(NC(=O)OC(C)(C)C)C(=O)N(C(C)CC)C(C(=O)Nc1ccc2ccccc2c1)c1ccc(O)cc1. The zero-order chi connectivity index (χ0) is 30.3. The number of phenolic OH excluding ortho intramolecular Hbond substituents is 1. The van der Waals surface area contributed by atoms with Gasteiger partial charge in [0, 0.05) is 11.7 Å². The molecule has 0 saturated heterocycles. The van der Waals surface area contributed by atoms with Crippen LogP contribution in [0.1, 0.15) is 72.9 Å². The van der Waals surface area contributed by atoms with Crippen molar-refractivity contribution in [3.8, 4) is 5.75 Å². The first kappa shape index (κ1) is 31.5. The molecule has 3 aromatic carbocycles. The minimum absolute atomic E-state index is 0.0490. The smallest absolute Gasteiger partial charge is 0.408 e. The van der Waals surface area contributed by atoms with Gasteiger partial charge in [-0.05, 0) is 80.6 Å². The summed E-state index contributed by atoms with van der Waals surface area (Å²) in [5.41, 5.74) is 0.395. The van der Waals surface area contributed by atoms with Gasteiger partial charge in [0.1, 0.15) is 23.4 Å². The Bertz CT molecular complexity index is 1350. The van der Waals surface area contributed by atoms with Crippen LogP contribution < -0.4 is 10.6 Å². The summed E-state index contributed by atoms with van der Waals surface area (Å²) in [6, 6.07) is 17.5. The van der Waals surface area contributed by atoms with Crippen LogP contribution in [0.25, 0.3) is 10.8 Å². The number of carbonyl (C=O) groups is 3. The zero-order valence-electron chi connectivity index (χ0n) is 25.1. The van der Waals surface area contributed by atoms with Crippen LogP contribution in [0.5, 0.6) is 5.75 Å². The molecule has 0 aliphatic rings. The van der Waals surface area contributed by atoms with E-state index in [4.69, 9.17) is 4.74 Å². The van der Waals surface area contributed by atoms with E-state index in [0.29, 0.717) is 24.1 Å². The van der Waals surface area contributed by atoms with Gasteiger partial charge < -0.3 is 25.4 Å². The van der Waals surface area contributed by atoms with Crippen molar-refractivity contribution in [2.24, 2.45) is 5.92 Å². The molecule has 0 aromatic heterocycles. The number of hydrogen-bond acceptors (Lipinski definition) is 5. The van der Waals surface area contributed by atoms with Crippen LogP contribution >= 0.6 is 0 Å². The Morgan fingerprint density at radius 3 is 2.12 bits per heavy atom. The number of aromatic hydroxyl groups is 1. The molecule has 0 fully saturated rings. The first-order valence-corrected chi connectivity index (χ1v) is 14.2. The highest BCUT2D eigenvalue weighted by molar-refractivity contribution is 6.00. The molecular weight excluding hydrogens is 518 g/mol. The molecule has 0 spiro atoms. The minimum Gasteiger partial charge on any atom is -0.508 e. The number of anilines is 1. The monoisotopic (exact) mass is 561 g/mol. The summed E-state index contributed by atoms with van der Waals surface area (Å²) in [5, 5.41) is 17.8. The molecule has 220 valence electrons. The quantitative estimate of drug-likeness (QED) is 0.253. The topological polar surface area (TPSA) is 108 Å². The summed E-state index contributed by atoms with van der Waals surface area (Å²) in [5.74, 6) is -0.968. The number of fused-ring (bicyclic) bond motifs is 1. The van der Waals surface area contributed by atoms with Gasteiger partial charge in [-0.1, -0.05) is 69.7 Å². The lowest BCUT2D eigenvalue weighted by atomic mass is 9.94. The van der Waals surface area contributed by atoms with Crippen molar-refractivity contribution in [3.63, 3.8) is 0 Å². The summed E-state index contributed by atoms with van der Waals surface area (Å²) < 4.78 is 5.47. The maximum absolute atomic E-state index is 14.4. The number of benzene rings is 3. The highest BCUT2D eigenvalue weighted by atomic mass is 16.6. The molecule has 3 rings (SSSR count). The standard InChI is InChI=1S/C33H43N3O5/c1-8-21(3)28(35-32(40)41-33(5,6)7)31(39)36(22(4)9-2)29(24-15-18-27(37)19-16-24)30(38)34-26-17-14-23-12-10-11-13-25(23)20-26/h10-22,28-29,37H,8-9H2,1-7H3,(H,34,38)(H,35,40). The van der Waals surface area contributed by atoms with Gasteiger partial charge in [-0.25, -0.2) is 4.79 Å². The van der Waals surface area contributed by atoms with E-state index in [0.717, 1.165) is 10.8 Å². The second-order valence-electron chi connectivity index (χ2n) is 11.6. The molecule has 3 amide bonds. The van der Waals surface area contributed by atoms with Gasteiger partial charge in [0.05, 0.1) is 0 Å². The van der Waals surface area contributed by atoms with Gasteiger partial charge in [0.25, 0.3) is 5.91 Å². The number of carbonyl (C=O) groups excluding carboxylic acids is 3. The Morgan fingerprint density at radius 2 is 1.54 bits per heavy atom. The fraction of sp³-hybridized carbons (Fsp3) is 0.424. The van der Waals surface area contributed by atoms with E-state index in [-0.39, 0.29) is 23.6 Å². The normalized spacial score (nSPS) is 14.4. The predicted octanol–water partition coefficient (Wildman–Crippen LogP) is 6.79. The number of alkyl carbamates (subject to hydrolysis) is 1. The molecule has 0 aliphatic carbocycles. The molecule has 4 unspecified atom stereocenters. The van der Waals surface area contributed by atoms with Gasteiger partial charge in [0.2, 0.25) is 5.91 Å². The number of ether oxygens (including phenoxy) is 1. The second kappa shape index (κ2) is 13.5. The van der Waals surface area contributed by atoms with Crippen LogP contribution in [0.15, 0.2) is 66.7 Å². The number of amides is 3. The largest absolute Gasteiger partial charge is 0.508 e. The van der Waals surface area contributed by atoms with E-state index >= 15 is 0 Å². The number of rotatable bonds is 10. The van der Waals surface area contributed by atoms with E-state index in [1.807, 2.05) is 70.2 Å². The Kier molecular flexibility index (Phi) is 10.4. The number of phenols is 1. The highest BCUT2D eigenvalue weighted by Gasteiger charge is 2.40. The number of nitrogens with zero attached hydrogens (tertiary/aromatic N) is 1. The van der Waals surface area contributed by atoms with Crippen molar-refractivity contribution in [2.75, 3.05) is 5.32 Å². The second-order valence-corrected chi connectivity index (χ2v) is 11.6. The molecular formula is C33H43N3O5. The highest BCUT2D eigenvalue weighted by Crippen LogP contribution is 2.30. The van der Waals surface area contributed by atoms with Crippen molar-refractivity contribution in [3.05, 3.63) is 72.3 Å². The van der Waals surface area contributed by atoms with Gasteiger partial charge in [0.15, 0.2) is 0 Å². The van der Waals surface area contributed by atoms with Crippen molar-refractivity contribution in [2.45, 2.75) is 85.0 Å². The Morgan fingerprint density at radius 1 is 0.902 bits per heavy atom. The molecule has 4 atom stereocenters. The lowest BCUT2D eigenvalue weighted by Gasteiger charge is -2.39. The summed E-state index contributed by atoms with van der Waals surface area (Å²) in [4.78, 5) is 42.8. The summed E-state index contributed by atoms with van der Waals surface area (Å²) in [6.45, 7) is 12.9. The van der Waals surface area contributed by atoms with Gasteiger partial charge >= 0.3 is 6.09 Å². The van der Waals surface area contributed by atoms with E-state index in [9.17, 15) is 19.5 Å². The predicted molar refractivity (Wildman–Crippen MR) is 163 cm³/mol. The van der Waals surface area contributed by atoms with Crippen molar-refractivity contribution in [1.29, 1.82) is 0 Å². The first-order valence-electron chi connectivity index (χ1n) is 14.2.